The molecule has 1 saturated heterocycles. The number of halogens is 1. The molecule has 3 atom stereocenters. The molecule has 34 heavy (non-hydrogen) atoms. The van der Waals surface area contributed by atoms with Gasteiger partial charge in [0.15, 0.2) is 0 Å². The predicted octanol–water partition coefficient (Wildman–Crippen LogP) is 0.802. The van der Waals surface area contributed by atoms with Gasteiger partial charge in [0, 0.05) is 12.5 Å². The number of piperidine rings is 1. The molecule has 5 N–H and O–H groups in total. The highest BCUT2D eigenvalue weighted by Gasteiger charge is 2.30. The van der Waals surface area contributed by atoms with Gasteiger partial charge in [-0.25, -0.2) is 9.18 Å². The van der Waals surface area contributed by atoms with Crippen molar-refractivity contribution in [2.24, 2.45) is 17.6 Å². The van der Waals surface area contributed by atoms with Crippen LogP contribution in [0.25, 0.3) is 0 Å². The number of esters is 1. The van der Waals surface area contributed by atoms with E-state index >= 15 is 0 Å². The van der Waals surface area contributed by atoms with Gasteiger partial charge in [0.05, 0.1) is 19.7 Å². The molecule has 9 nitrogen and oxygen atoms in total. The molecule has 3 rings (SSSR count). The molecule has 1 aromatic rings. The van der Waals surface area contributed by atoms with Crippen molar-refractivity contribution in [1.82, 2.24) is 16.0 Å². The van der Waals surface area contributed by atoms with E-state index in [1.54, 1.807) is 0 Å². The van der Waals surface area contributed by atoms with Crippen molar-refractivity contribution in [3.05, 3.63) is 35.6 Å². The quantitative estimate of drug-likeness (QED) is 0.387. The number of ether oxygens (including phenoxy) is 1. The molecule has 2 fully saturated rings. The van der Waals surface area contributed by atoms with Crippen LogP contribution in [0.2, 0.25) is 0 Å². The molecule has 188 valence electrons. The van der Waals surface area contributed by atoms with Crippen LogP contribution in [-0.2, 0) is 30.3 Å². The smallest absolute Gasteiger partial charge is 0.328 e. The van der Waals surface area contributed by atoms with Gasteiger partial charge in [0.2, 0.25) is 17.7 Å². The average Bonchev–Trinajstić information content (AvgIpc) is 3.61. The Morgan fingerprint density at radius 1 is 1.21 bits per heavy atom. The summed E-state index contributed by atoms with van der Waals surface area (Å²) in [6.45, 7) is 2.48. The topological polar surface area (TPSA) is 140 Å². The number of rotatable bonds is 9. The lowest BCUT2D eigenvalue weighted by molar-refractivity contribution is -0.146. The minimum atomic E-state index is -0.999. The summed E-state index contributed by atoms with van der Waals surface area (Å²) < 4.78 is 17.6. The van der Waals surface area contributed by atoms with E-state index in [-0.39, 0.29) is 31.1 Å². The number of hydrogen-bond acceptors (Lipinski definition) is 6. The summed E-state index contributed by atoms with van der Waals surface area (Å²) in [7, 11) is 1.19. The van der Waals surface area contributed by atoms with E-state index < -0.39 is 35.8 Å². The Hall–Kier alpha value is -3.01. The molecule has 0 radical (unpaired) electrons. The van der Waals surface area contributed by atoms with Crippen molar-refractivity contribution in [3.63, 3.8) is 0 Å². The average molecular weight is 479 g/mol. The summed E-state index contributed by atoms with van der Waals surface area (Å²) in [5.41, 5.74) is 6.51. The first-order chi connectivity index (χ1) is 16.2. The molecular weight excluding hydrogens is 443 g/mol. The first-order valence-corrected chi connectivity index (χ1v) is 11.6. The second-order valence-electron chi connectivity index (χ2n) is 8.85. The van der Waals surface area contributed by atoms with Crippen molar-refractivity contribution in [1.29, 1.82) is 0 Å². The molecule has 2 aliphatic rings. The molecular formula is C24H35FN4O5. The zero-order chi connectivity index (χ0) is 25.1. The summed E-state index contributed by atoms with van der Waals surface area (Å²) in [6, 6.07) is 3.67. The van der Waals surface area contributed by atoms with Gasteiger partial charge in [0.25, 0.3) is 0 Å². The molecule has 1 aromatic carbocycles. The third-order valence-electron chi connectivity index (χ3n) is 5.74. The molecule has 1 aliphatic carbocycles. The lowest BCUT2D eigenvalue weighted by Crippen LogP contribution is -2.50. The molecule has 3 amide bonds. The van der Waals surface area contributed by atoms with E-state index in [4.69, 9.17) is 10.5 Å². The fourth-order valence-corrected chi connectivity index (χ4v) is 3.38. The molecule has 1 saturated carbocycles. The second kappa shape index (κ2) is 13.6. The van der Waals surface area contributed by atoms with Crippen LogP contribution < -0.4 is 21.7 Å². The van der Waals surface area contributed by atoms with Crippen LogP contribution >= 0.6 is 0 Å². The van der Waals surface area contributed by atoms with Crippen molar-refractivity contribution >= 4 is 23.7 Å². The maximum absolute atomic E-state index is 12.9. The lowest BCUT2D eigenvalue weighted by Gasteiger charge is -2.25. The van der Waals surface area contributed by atoms with Crippen LogP contribution in [0.3, 0.4) is 0 Å². The number of carbonyl (C=O) groups excluding carboxylic acids is 4. The van der Waals surface area contributed by atoms with Crippen molar-refractivity contribution < 1.29 is 28.3 Å². The number of carbonyl (C=O) groups is 4. The van der Waals surface area contributed by atoms with Gasteiger partial charge in [-0.05, 0) is 49.3 Å². The highest BCUT2D eigenvalue weighted by atomic mass is 19.1. The van der Waals surface area contributed by atoms with Gasteiger partial charge in [-0.15, -0.1) is 0 Å². The number of hydrogen-bond donors (Lipinski definition) is 4. The standard InChI is InChI=1S/C20H27FN4O5.C4H8/c1-30-20(29)16(10-13-3-2-8-23-18(13)27)25-17(26)11-24-19(28)15(22)9-12-4-6-14(21)7-5-12;1-4-2-3-4/h4-7,13,15-16H,2-3,8-11,22H2,1H3,(H,23,27)(H,24,28)(H,25,26);4H,2-3H2,1H3. The summed E-state index contributed by atoms with van der Waals surface area (Å²) >= 11 is 0. The van der Waals surface area contributed by atoms with Crippen LogP contribution in [0.1, 0.15) is 44.6 Å². The van der Waals surface area contributed by atoms with Gasteiger partial charge < -0.3 is 26.4 Å². The van der Waals surface area contributed by atoms with Gasteiger partial charge in [-0.2, -0.15) is 0 Å². The Bertz CT molecular complexity index is 844. The summed E-state index contributed by atoms with van der Waals surface area (Å²) in [5, 5.41) is 7.63. The van der Waals surface area contributed by atoms with Crippen LogP contribution in [-0.4, -0.2) is 56.0 Å². The number of nitrogens with one attached hydrogen (secondary N) is 3. The largest absolute Gasteiger partial charge is 0.467 e. The zero-order valence-corrected chi connectivity index (χ0v) is 19.8. The van der Waals surface area contributed by atoms with Gasteiger partial charge in [0.1, 0.15) is 11.9 Å². The normalized spacial score (nSPS) is 18.9. The van der Waals surface area contributed by atoms with E-state index in [0.29, 0.717) is 18.5 Å². The molecule has 0 spiro atoms. The van der Waals surface area contributed by atoms with Crippen molar-refractivity contribution in [2.75, 3.05) is 20.2 Å². The van der Waals surface area contributed by atoms with Crippen LogP contribution in [0.4, 0.5) is 4.39 Å². The fourth-order valence-electron chi connectivity index (χ4n) is 3.38. The minimum absolute atomic E-state index is 0.113. The number of benzene rings is 1. The highest BCUT2D eigenvalue weighted by Crippen LogP contribution is 2.26. The maximum atomic E-state index is 12.9. The number of methoxy groups -OCH3 is 1. The number of amides is 3. The molecule has 3 unspecified atom stereocenters. The van der Waals surface area contributed by atoms with E-state index in [0.717, 1.165) is 12.3 Å². The summed E-state index contributed by atoms with van der Waals surface area (Å²) in [4.78, 5) is 48.2. The van der Waals surface area contributed by atoms with Gasteiger partial charge >= 0.3 is 5.97 Å². The molecule has 0 aromatic heterocycles. The Labute approximate surface area is 199 Å². The Balaban J connectivity index is 0.000000920. The van der Waals surface area contributed by atoms with E-state index in [1.165, 1.54) is 44.2 Å². The molecule has 0 bridgehead atoms. The number of nitrogens with two attached hydrogens (primary N) is 1. The monoisotopic (exact) mass is 478 g/mol. The predicted molar refractivity (Wildman–Crippen MR) is 124 cm³/mol. The fraction of sp³-hybridized carbons (Fsp3) is 0.583. The third-order valence-corrected chi connectivity index (χ3v) is 5.74. The lowest BCUT2D eigenvalue weighted by atomic mass is 9.91. The van der Waals surface area contributed by atoms with E-state index in [1.807, 2.05) is 0 Å². The van der Waals surface area contributed by atoms with Crippen molar-refractivity contribution in [2.45, 2.75) is 57.5 Å². The van der Waals surface area contributed by atoms with Crippen LogP contribution in [0, 0.1) is 17.7 Å². The van der Waals surface area contributed by atoms with E-state index in [9.17, 15) is 23.6 Å². The van der Waals surface area contributed by atoms with Gasteiger partial charge in [-0.3, -0.25) is 14.4 Å². The molecule has 10 heteroatoms. The first-order valence-electron chi connectivity index (χ1n) is 11.6. The van der Waals surface area contributed by atoms with Gasteiger partial charge in [-0.1, -0.05) is 31.9 Å². The van der Waals surface area contributed by atoms with E-state index in [2.05, 4.69) is 22.9 Å². The second-order valence-corrected chi connectivity index (χ2v) is 8.85. The third kappa shape index (κ3) is 9.86. The molecule has 1 heterocycles. The van der Waals surface area contributed by atoms with Crippen LogP contribution in [0.15, 0.2) is 24.3 Å². The Kier molecular flexibility index (Phi) is 10.9. The Morgan fingerprint density at radius 2 is 1.85 bits per heavy atom. The molecule has 1 aliphatic heterocycles. The van der Waals surface area contributed by atoms with Crippen molar-refractivity contribution in [3.8, 4) is 0 Å². The minimum Gasteiger partial charge on any atom is -0.467 e. The highest BCUT2D eigenvalue weighted by molar-refractivity contribution is 5.90. The summed E-state index contributed by atoms with van der Waals surface area (Å²) in [6.07, 6.45) is 4.67. The summed E-state index contributed by atoms with van der Waals surface area (Å²) in [5.74, 6) is -1.70. The SMILES string of the molecule is CC1CC1.COC(=O)C(CC1CCCNC1=O)NC(=O)CNC(=O)C(N)Cc1ccc(F)cc1. The Morgan fingerprint density at radius 3 is 2.41 bits per heavy atom. The van der Waals surface area contributed by atoms with Crippen LogP contribution in [0.5, 0.6) is 0 Å². The zero-order valence-electron chi connectivity index (χ0n) is 19.8. The maximum Gasteiger partial charge on any atom is 0.328 e. The first kappa shape index (κ1) is 27.2.